The van der Waals surface area contributed by atoms with E-state index in [1.165, 1.54) is 12.2 Å². The number of carbonyl (C=O) groups excluding carboxylic acids is 1. The number of hydrogen-bond donors (Lipinski definition) is 0. The van der Waals surface area contributed by atoms with Gasteiger partial charge in [-0.3, -0.25) is 0 Å². The normalized spacial score (nSPS) is 37.9. The number of hydrogen-bond acceptors (Lipinski definition) is 7. The maximum Gasteiger partial charge on any atom is 0.330 e. The first kappa shape index (κ1) is 30.4. The summed E-state index contributed by atoms with van der Waals surface area (Å²) in [4.78, 5) is 13.0. The number of fused-ring (bicyclic) bond motifs is 9. The molecule has 3 saturated heterocycles. The van der Waals surface area contributed by atoms with Crippen molar-refractivity contribution in [2.45, 2.75) is 102 Å². The summed E-state index contributed by atoms with van der Waals surface area (Å²) in [5.74, 6) is -0.517. The third-order valence-corrected chi connectivity index (χ3v) is 8.90. The number of esters is 1. The van der Waals surface area contributed by atoms with Crippen molar-refractivity contribution in [2.75, 3.05) is 6.61 Å². The van der Waals surface area contributed by atoms with Gasteiger partial charge in [-0.2, -0.15) is 5.26 Å². The van der Waals surface area contributed by atoms with E-state index < -0.39 is 6.29 Å². The van der Waals surface area contributed by atoms with Crippen molar-refractivity contribution in [1.29, 1.82) is 5.26 Å². The fraction of sp³-hybridized carbons (Fsp3) is 0.543. The second kappa shape index (κ2) is 14.0. The zero-order valence-corrected chi connectivity index (χ0v) is 24.9. The highest BCUT2D eigenvalue weighted by Crippen LogP contribution is 2.38. The molecule has 0 N–H and O–H groups in total. The van der Waals surface area contributed by atoms with Crippen LogP contribution < -0.4 is 0 Å². The third kappa shape index (κ3) is 7.48. The molecule has 5 rings (SSSR count). The second-order valence-corrected chi connectivity index (χ2v) is 12.2. The molecule has 4 heterocycles. The molecule has 7 heteroatoms. The SMILES string of the molecule is C=C1C[C@@H]2C[C@@H]3CCO[C@@H](O3)c3cccc(c3)/C=C\C[C@H]3O[C@@H](/C(C)=C/C#N)[C@H](C)[C@@H](OC(=O)/C=C/C[C@@H](C1)O2)[C@H]3C. The molecule has 4 aliphatic rings. The molecule has 9 atom stereocenters. The molecular weight excluding hydrogens is 530 g/mol. The Morgan fingerprint density at radius 3 is 2.67 bits per heavy atom. The molecule has 0 spiro atoms. The summed E-state index contributed by atoms with van der Waals surface area (Å²) in [7, 11) is 0. The molecule has 4 aliphatic heterocycles. The number of ether oxygens (including phenoxy) is 5. The lowest BCUT2D eigenvalue weighted by Crippen LogP contribution is -2.50. The van der Waals surface area contributed by atoms with Crippen LogP contribution in [0.4, 0.5) is 0 Å². The fourth-order valence-electron chi connectivity index (χ4n) is 6.73. The summed E-state index contributed by atoms with van der Waals surface area (Å²) in [6.45, 7) is 10.9. The highest BCUT2D eigenvalue weighted by molar-refractivity contribution is 5.82. The monoisotopic (exact) mass is 573 g/mol. The number of nitrogens with zero attached hydrogens (tertiary/aromatic N) is 1. The van der Waals surface area contributed by atoms with Crippen LogP contribution in [0.3, 0.4) is 0 Å². The number of allylic oxidation sites excluding steroid dienone is 1. The average Bonchev–Trinajstić information content (AvgIpc) is 2.96. The van der Waals surface area contributed by atoms with Crippen molar-refractivity contribution in [2.24, 2.45) is 11.8 Å². The van der Waals surface area contributed by atoms with Gasteiger partial charge >= 0.3 is 5.97 Å². The van der Waals surface area contributed by atoms with E-state index in [0.29, 0.717) is 19.4 Å². The highest BCUT2D eigenvalue weighted by Gasteiger charge is 2.43. The lowest BCUT2D eigenvalue weighted by molar-refractivity contribution is -0.225. The Morgan fingerprint density at radius 1 is 1.02 bits per heavy atom. The summed E-state index contributed by atoms with van der Waals surface area (Å²) < 4.78 is 31.5. The lowest BCUT2D eigenvalue weighted by Gasteiger charge is -2.44. The van der Waals surface area contributed by atoms with Crippen LogP contribution in [0.5, 0.6) is 0 Å². The van der Waals surface area contributed by atoms with E-state index in [0.717, 1.165) is 48.0 Å². The maximum absolute atomic E-state index is 13.0. The van der Waals surface area contributed by atoms with Gasteiger partial charge in [-0.15, -0.1) is 0 Å². The van der Waals surface area contributed by atoms with E-state index in [1.54, 1.807) is 0 Å². The van der Waals surface area contributed by atoms with Crippen LogP contribution in [-0.4, -0.2) is 49.2 Å². The van der Waals surface area contributed by atoms with Crippen LogP contribution in [0.1, 0.15) is 76.7 Å². The first-order valence-corrected chi connectivity index (χ1v) is 15.2. The molecule has 1 aromatic carbocycles. The zero-order valence-electron chi connectivity index (χ0n) is 24.9. The molecule has 7 nitrogen and oxygen atoms in total. The van der Waals surface area contributed by atoms with Gasteiger partial charge in [0.2, 0.25) is 0 Å². The van der Waals surface area contributed by atoms with Crippen molar-refractivity contribution < 1.29 is 28.5 Å². The Balaban J connectivity index is 1.43. The van der Waals surface area contributed by atoms with E-state index >= 15 is 0 Å². The molecule has 0 radical (unpaired) electrons. The Kier molecular flexibility index (Phi) is 10.1. The van der Waals surface area contributed by atoms with Crippen molar-refractivity contribution >= 4 is 12.0 Å². The van der Waals surface area contributed by atoms with Gasteiger partial charge in [-0.25, -0.2) is 4.79 Å². The van der Waals surface area contributed by atoms with Crippen molar-refractivity contribution in [3.8, 4) is 6.07 Å². The quantitative estimate of drug-likeness (QED) is 0.208. The van der Waals surface area contributed by atoms with Gasteiger partial charge < -0.3 is 23.7 Å². The van der Waals surface area contributed by atoms with Gasteiger partial charge in [0.05, 0.1) is 43.2 Å². The number of carbonyl (C=O) groups is 1. The van der Waals surface area contributed by atoms with E-state index in [9.17, 15) is 10.1 Å². The fourth-order valence-corrected chi connectivity index (χ4v) is 6.73. The molecular formula is C35H43NO6. The van der Waals surface area contributed by atoms with E-state index in [1.807, 2.05) is 32.1 Å². The lowest BCUT2D eigenvalue weighted by atomic mass is 9.79. The smallest absolute Gasteiger partial charge is 0.330 e. The van der Waals surface area contributed by atoms with Gasteiger partial charge in [-0.1, -0.05) is 62.4 Å². The summed E-state index contributed by atoms with van der Waals surface area (Å²) in [5, 5.41) is 9.29. The van der Waals surface area contributed by atoms with Crippen molar-refractivity contribution in [3.05, 3.63) is 77.4 Å². The van der Waals surface area contributed by atoms with Gasteiger partial charge in [0.25, 0.3) is 0 Å². The molecule has 0 aliphatic carbocycles. The van der Waals surface area contributed by atoms with Crippen LogP contribution in [0.25, 0.3) is 6.08 Å². The number of benzene rings is 1. The topological polar surface area (TPSA) is 87.0 Å². The highest BCUT2D eigenvalue weighted by atomic mass is 16.7. The Morgan fingerprint density at radius 2 is 1.83 bits per heavy atom. The van der Waals surface area contributed by atoms with Gasteiger partial charge in [-0.05, 0) is 56.2 Å². The van der Waals surface area contributed by atoms with Crippen LogP contribution in [0.15, 0.2) is 66.3 Å². The molecule has 1 aromatic rings. The van der Waals surface area contributed by atoms with Crippen molar-refractivity contribution in [1.82, 2.24) is 0 Å². The molecule has 224 valence electrons. The largest absolute Gasteiger partial charge is 0.458 e. The van der Waals surface area contributed by atoms with E-state index in [-0.39, 0.29) is 54.4 Å². The molecule has 0 aromatic heterocycles. The van der Waals surface area contributed by atoms with Gasteiger partial charge in [0.15, 0.2) is 6.29 Å². The predicted molar refractivity (Wildman–Crippen MR) is 160 cm³/mol. The van der Waals surface area contributed by atoms with Crippen LogP contribution in [0, 0.1) is 23.2 Å². The van der Waals surface area contributed by atoms with E-state index in [2.05, 4.69) is 43.9 Å². The summed E-state index contributed by atoms with van der Waals surface area (Å²) in [5.41, 5.74) is 4.03. The Labute approximate surface area is 249 Å². The first-order valence-electron chi connectivity index (χ1n) is 15.2. The predicted octanol–water partition coefficient (Wildman–Crippen LogP) is 6.77. The maximum atomic E-state index is 13.0. The molecule has 42 heavy (non-hydrogen) atoms. The molecule has 0 saturated carbocycles. The average molecular weight is 574 g/mol. The van der Waals surface area contributed by atoms with E-state index in [4.69, 9.17) is 23.7 Å². The minimum Gasteiger partial charge on any atom is -0.458 e. The van der Waals surface area contributed by atoms with Crippen LogP contribution in [-0.2, 0) is 28.5 Å². The standard InChI is InChI=1S/C35H43NO6/c1-22-18-28-11-7-13-32(37)42-34-24(3)31(41-33(25(34)4)23(2)14-16-36)12-6-9-26-8-5-10-27(20-26)35-38-17-15-29(40-35)21-30(19-22)39-28/h5-10,13-14,20,24-25,28-31,33-35H,1,11-12,15,17-19,21H2,2-4H3/b9-6-,13-7+,23-14+/t24-,25-,28-,29-,30+,31+,33-,34-,35-/m0/s1. The third-order valence-electron chi connectivity index (χ3n) is 8.90. The molecule has 8 bridgehead atoms. The Hall–Kier alpha value is -3.02. The van der Waals surface area contributed by atoms with Gasteiger partial charge in [0, 0.05) is 36.0 Å². The summed E-state index contributed by atoms with van der Waals surface area (Å²) >= 11 is 0. The van der Waals surface area contributed by atoms with Crippen LogP contribution in [0.2, 0.25) is 0 Å². The number of rotatable bonds is 1. The minimum absolute atomic E-state index is 0.0197. The molecule has 0 unspecified atom stereocenters. The second-order valence-electron chi connectivity index (χ2n) is 12.2. The number of nitriles is 1. The van der Waals surface area contributed by atoms with Crippen molar-refractivity contribution in [3.63, 3.8) is 0 Å². The molecule has 3 fully saturated rings. The zero-order chi connectivity index (χ0) is 29.6. The first-order chi connectivity index (χ1) is 20.3. The van der Waals surface area contributed by atoms with Gasteiger partial charge in [0.1, 0.15) is 6.10 Å². The van der Waals surface area contributed by atoms with Crippen LogP contribution >= 0.6 is 0 Å². The summed E-state index contributed by atoms with van der Waals surface area (Å²) in [6.07, 6.45) is 12.2. The molecule has 0 amide bonds. The summed E-state index contributed by atoms with van der Waals surface area (Å²) in [6, 6.07) is 10.4. The minimum atomic E-state index is -0.417. The Bertz CT molecular complexity index is 1260.